The molecule has 1 N–H and O–H groups in total. The Morgan fingerprint density at radius 3 is 2.70 bits per heavy atom. The monoisotopic (exact) mass is 306 g/mol. The van der Waals surface area contributed by atoms with E-state index in [9.17, 15) is 5.11 Å². The molecule has 1 unspecified atom stereocenters. The number of benzene rings is 2. The van der Waals surface area contributed by atoms with E-state index in [1.807, 2.05) is 31.2 Å². The van der Waals surface area contributed by atoms with Gasteiger partial charge in [0.15, 0.2) is 0 Å². The third kappa shape index (κ3) is 2.31. The van der Waals surface area contributed by atoms with Crippen molar-refractivity contribution >= 4 is 34.2 Å². The molecule has 2 aromatic carbocycles. The largest absolute Gasteiger partial charge is 0.458 e. The number of rotatable bonds is 2. The molecule has 1 heterocycles. The zero-order chi connectivity index (χ0) is 14.3. The van der Waals surface area contributed by atoms with Crippen LogP contribution in [0.3, 0.4) is 0 Å². The molecule has 0 radical (unpaired) electrons. The fourth-order valence-corrected chi connectivity index (χ4v) is 2.61. The Morgan fingerprint density at radius 1 is 1.10 bits per heavy atom. The Hall–Kier alpha value is -1.48. The van der Waals surface area contributed by atoms with Crippen LogP contribution in [0.2, 0.25) is 10.0 Å². The average Bonchev–Trinajstić information content (AvgIpc) is 2.84. The molecule has 3 aromatic rings. The predicted molar refractivity (Wildman–Crippen MR) is 81.5 cm³/mol. The Morgan fingerprint density at radius 2 is 1.90 bits per heavy atom. The molecule has 0 aliphatic carbocycles. The van der Waals surface area contributed by atoms with Crippen molar-refractivity contribution in [1.29, 1.82) is 0 Å². The van der Waals surface area contributed by atoms with Crippen LogP contribution in [0.15, 0.2) is 46.9 Å². The summed E-state index contributed by atoms with van der Waals surface area (Å²) in [5.41, 5.74) is 2.41. The number of hydrogen-bond acceptors (Lipinski definition) is 2. The van der Waals surface area contributed by atoms with Crippen molar-refractivity contribution in [3.63, 3.8) is 0 Å². The van der Waals surface area contributed by atoms with Gasteiger partial charge in [0, 0.05) is 10.9 Å². The maximum atomic E-state index is 10.4. The van der Waals surface area contributed by atoms with E-state index in [1.165, 1.54) is 0 Å². The molecule has 0 spiro atoms. The molecule has 2 nitrogen and oxygen atoms in total. The summed E-state index contributed by atoms with van der Waals surface area (Å²) in [6.45, 7) is 2.01. The van der Waals surface area contributed by atoms with Crippen molar-refractivity contribution < 1.29 is 9.52 Å². The minimum absolute atomic E-state index is 0.346. The number of aliphatic hydroxyl groups excluding tert-OH is 1. The molecular weight excluding hydrogens is 295 g/mol. The summed E-state index contributed by atoms with van der Waals surface area (Å²) >= 11 is 12.1. The lowest BCUT2D eigenvalue weighted by Gasteiger charge is -2.10. The van der Waals surface area contributed by atoms with Crippen LogP contribution >= 0.6 is 23.2 Å². The third-order valence-electron chi connectivity index (χ3n) is 3.24. The van der Waals surface area contributed by atoms with E-state index < -0.39 is 6.10 Å². The van der Waals surface area contributed by atoms with Gasteiger partial charge < -0.3 is 9.52 Å². The maximum absolute atomic E-state index is 10.4. The summed E-state index contributed by atoms with van der Waals surface area (Å²) < 4.78 is 5.68. The lowest BCUT2D eigenvalue weighted by molar-refractivity contribution is 0.192. The third-order valence-corrected chi connectivity index (χ3v) is 4.07. The molecule has 1 aromatic heterocycles. The van der Waals surface area contributed by atoms with Crippen molar-refractivity contribution in [2.45, 2.75) is 13.0 Å². The molecule has 0 fully saturated rings. The van der Waals surface area contributed by atoms with Gasteiger partial charge in [-0.25, -0.2) is 0 Å². The predicted octanol–water partition coefficient (Wildman–Crippen LogP) is 5.13. The van der Waals surface area contributed by atoms with Crippen molar-refractivity contribution in [2.75, 3.05) is 0 Å². The zero-order valence-electron chi connectivity index (χ0n) is 10.7. The highest BCUT2D eigenvalue weighted by Crippen LogP contribution is 2.35. The number of furan rings is 1. The second-order valence-electron chi connectivity index (χ2n) is 4.74. The van der Waals surface area contributed by atoms with E-state index in [1.54, 1.807) is 18.2 Å². The van der Waals surface area contributed by atoms with Gasteiger partial charge in [0.1, 0.15) is 17.4 Å². The first-order valence-corrected chi connectivity index (χ1v) is 6.94. The molecule has 0 saturated heterocycles. The van der Waals surface area contributed by atoms with Gasteiger partial charge in [0.25, 0.3) is 0 Å². The molecular formula is C16H12Cl2O2. The standard InChI is InChI=1S/C16H12Cl2O2/c1-9-5-6-13-10(7-9)8-14(20-13)16(19)11-3-2-4-12(17)15(11)18/h2-8,16,19H,1H3. The molecule has 0 bridgehead atoms. The highest BCUT2D eigenvalue weighted by Gasteiger charge is 2.19. The van der Waals surface area contributed by atoms with E-state index >= 15 is 0 Å². The number of hydrogen-bond donors (Lipinski definition) is 1. The summed E-state index contributed by atoms with van der Waals surface area (Å²) in [6, 6.07) is 12.9. The van der Waals surface area contributed by atoms with Crippen LogP contribution < -0.4 is 0 Å². The van der Waals surface area contributed by atoms with Gasteiger partial charge in [-0.2, -0.15) is 0 Å². The molecule has 3 rings (SSSR count). The molecule has 102 valence electrons. The minimum Gasteiger partial charge on any atom is -0.458 e. The van der Waals surface area contributed by atoms with E-state index in [0.29, 0.717) is 21.4 Å². The van der Waals surface area contributed by atoms with Crippen LogP contribution in [0.5, 0.6) is 0 Å². The number of fused-ring (bicyclic) bond motifs is 1. The van der Waals surface area contributed by atoms with Gasteiger partial charge in [-0.1, -0.05) is 47.0 Å². The summed E-state index contributed by atoms with van der Waals surface area (Å²) in [4.78, 5) is 0. The first kappa shape index (κ1) is 13.5. The summed E-state index contributed by atoms with van der Waals surface area (Å²) in [6.07, 6.45) is -0.936. The van der Waals surface area contributed by atoms with Crippen molar-refractivity contribution in [3.05, 3.63) is 69.4 Å². The van der Waals surface area contributed by atoms with Crippen molar-refractivity contribution in [3.8, 4) is 0 Å². The van der Waals surface area contributed by atoms with Crippen LogP contribution in [-0.4, -0.2) is 5.11 Å². The lowest BCUT2D eigenvalue weighted by atomic mass is 10.1. The Balaban J connectivity index is 2.08. The molecule has 1 atom stereocenters. The maximum Gasteiger partial charge on any atom is 0.138 e. The molecule has 0 aliphatic rings. The van der Waals surface area contributed by atoms with Crippen LogP contribution in [0.4, 0.5) is 0 Å². The van der Waals surface area contributed by atoms with Crippen LogP contribution in [0.25, 0.3) is 11.0 Å². The molecule has 0 saturated carbocycles. The minimum atomic E-state index is -0.936. The molecule has 0 amide bonds. The summed E-state index contributed by atoms with van der Waals surface area (Å²) in [5, 5.41) is 12.1. The summed E-state index contributed by atoms with van der Waals surface area (Å²) in [5.74, 6) is 0.453. The number of halogens is 2. The highest BCUT2D eigenvalue weighted by molar-refractivity contribution is 6.42. The first-order chi connectivity index (χ1) is 9.56. The van der Waals surface area contributed by atoms with Gasteiger partial charge in [0.05, 0.1) is 10.0 Å². The van der Waals surface area contributed by atoms with Gasteiger partial charge in [-0.15, -0.1) is 0 Å². The quantitative estimate of drug-likeness (QED) is 0.712. The number of aliphatic hydroxyl groups is 1. The van der Waals surface area contributed by atoms with Gasteiger partial charge in [0.2, 0.25) is 0 Å². The van der Waals surface area contributed by atoms with Crippen LogP contribution in [0, 0.1) is 6.92 Å². The van der Waals surface area contributed by atoms with E-state index in [-0.39, 0.29) is 0 Å². The molecule has 0 aliphatic heterocycles. The molecule has 4 heteroatoms. The van der Waals surface area contributed by atoms with E-state index in [0.717, 1.165) is 16.5 Å². The van der Waals surface area contributed by atoms with Crippen LogP contribution in [-0.2, 0) is 0 Å². The fraction of sp³-hybridized carbons (Fsp3) is 0.125. The van der Waals surface area contributed by atoms with Crippen LogP contribution in [0.1, 0.15) is 23.0 Å². The zero-order valence-corrected chi connectivity index (χ0v) is 12.2. The second-order valence-corrected chi connectivity index (χ2v) is 5.52. The fourth-order valence-electron chi connectivity index (χ4n) is 2.20. The normalized spacial score (nSPS) is 12.8. The average molecular weight is 307 g/mol. The SMILES string of the molecule is Cc1ccc2oc(C(O)c3cccc(Cl)c3Cl)cc2c1. The highest BCUT2D eigenvalue weighted by atomic mass is 35.5. The Kier molecular flexibility index (Phi) is 3.47. The van der Waals surface area contributed by atoms with E-state index in [4.69, 9.17) is 27.6 Å². The smallest absolute Gasteiger partial charge is 0.138 e. The van der Waals surface area contributed by atoms with Gasteiger partial charge in [-0.3, -0.25) is 0 Å². The Bertz CT molecular complexity index is 777. The number of aryl methyl sites for hydroxylation is 1. The molecule has 20 heavy (non-hydrogen) atoms. The van der Waals surface area contributed by atoms with Gasteiger partial charge >= 0.3 is 0 Å². The van der Waals surface area contributed by atoms with Gasteiger partial charge in [-0.05, 0) is 31.2 Å². The summed E-state index contributed by atoms with van der Waals surface area (Å²) in [7, 11) is 0. The topological polar surface area (TPSA) is 33.4 Å². The second kappa shape index (κ2) is 5.13. The van der Waals surface area contributed by atoms with Crippen molar-refractivity contribution in [1.82, 2.24) is 0 Å². The first-order valence-electron chi connectivity index (χ1n) is 6.18. The Labute approximate surface area is 126 Å². The van der Waals surface area contributed by atoms with Crippen molar-refractivity contribution in [2.24, 2.45) is 0 Å². The van der Waals surface area contributed by atoms with E-state index in [2.05, 4.69) is 0 Å². The lowest BCUT2D eigenvalue weighted by Crippen LogP contribution is -1.99.